The third-order valence-corrected chi connectivity index (χ3v) is 2.76. The lowest BCUT2D eigenvalue weighted by molar-refractivity contribution is -0.117. The summed E-state index contributed by atoms with van der Waals surface area (Å²) in [5, 5.41) is 11.7. The molecule has 3 heteroatoms. The summed E-state index contributed by atoms with van der Waals surface area (Å²) in [5.74, 6) is 5.53. The highest BCUT2D eigenvalue weighted by Gasteiger charge is 2.16. The van der Waals surface area contributed by atoms with Crippen molar-refractivity contribution < 1.29 is 9.90 Å². The predicted octanol–water partition coefficient (Wildman–Crippen LogP) is 2.97. The third kappa shape index (κ3) is 5.46. The molecule has 0 spiro atoms. The highest BCUT2D eigenvalue weighted by molar-refractivity contribution is 5.92. The molecule has 0 unspecified atom stereocenters. The van der Waals surface area contributed by atoms with Crippen molar-refractivity contribution in [3.8, 4) is 11.8 Å². The Morgan fingerprint density at radius 2 is 2.05 bits per heavy atom. The lowest BCUT2D eigenvalue weighted by Gasteiger charge is -2.18. The molecule has 0 heterocycles. The van der Waals surface area contributed by atoms with Gasteiger partial charge in [0.15, 0.2) is 0 Å². The van der Waals surface area contributed by atoms with E-state index >= 15 is 0 Å². The molecule has 0 atom stereocenters. The molecule has 3 nitrogen and oxygen atoms in total. The molecular formula is C17H23NO2. The van der Waals surface area contributed by atoms with E-state index in [1.165, 1.54) is 0 Å². The van der Waals surface area contributed by atoms with Gasteiger partial charge in [0, 0.05) is 17.7 Å². The molecule has 0 radical (unpaired) electrons. The zero-order chi connectivity index (χ0) is 15.2. The number of aliphatic hydroxyl groups is 1. The number of carbonyl (C=O) groups is 1. The van der Waals surface area contributed by atoms with E-state index in [0.717, 1.165) is 23.2 Å². The van der Waals surface area contributed by atoms with E-state index in [0.29, 0.717) is 6.42 Å². The van der Waals surface area contributed by atoms with Crippen molar-refractivity contribution in [2.75, 3.05) is 11.9 Å². The number of aliphatic hydroxyl groups excluding tert-OH is 1. The first-order valence-electron chi connectivity index (χ1n) is 6.88. The quantitative estimate of drug-likeness (QED) is 0.832. The van der Waals surface area contributed by atoms with Crippen LogP contribution < -0.4 is 5.32 Å². The maximum absolute atomic E-state index is 12.0. The first-order chi connectivity index (χ1) is 9.35. The Bertz CT molecular complexity index is 530. The molecule has 0 fully saturated rings. The maximum Gasteiger partial charge on any atom is 0.224 e. The van der Waals surface area contributed by atoms with Crippen LogP contribution in [0.1, 0.15) is 45.2 Å². The Morgan fingerprint density at radius 1 is 1.35 bits per heavy atom. The minimum absolute atomic E-state index is 0.0248. The van der Waals surface area contributed by atoms with Crippen LogP contribution >= 0.6 is 0 Å². The van der Waals surface area contributed by atoms with E-state index in [-0.39, 0.29) is 17.9 Å². The number of rotatable bonds is 3. The van der Waals surface area contributed by atoms with Gasteiger partial charge in [-0.05, 0) is 35.6 Å². The lowest BCUT2D eigenvalue weighted by atomic mass is 9.92. The molecule has 1 amide bonds. The second-order valence-electron chi connectivity index (χ2n) is 5.97. The molecule has 0 aliphatic heterocycles. The van der Waals surface area contributed by atoms with Crippen LogP contribution in [0.4, 0.5) is 5.69 Å². The standard InChI is InChI=1S/C17H23NO2/c1-5-14-11-13(7-6-10-19)8-9-15(14)18-16(20)12-17(2,3)4/h8-9,11,19H,5,10,12H2,1-4H3,(H,18,20). The van der Waals surface area contributed by atoms with Crippen molar-refractivity contribution in [1.82, 2.24) is 0 Å². The molecule has 0 aliphatic carbocycles. The van der Waals surface area contributed by atoms with Crippen molar-refractivity contribution >= 4 is 11.6 Å². The first-order valence-corrected chi connectivity index (χ1v) is 6.88. The van der Waals surface area contributed by atoms with Crippen LogP contribution in [0.5, 0.6) is 0 Å². The number of amides is 1. The smallest absolute Gasteiger partial charge is 0.224 e. The van der Waals surface area contributed by atoms with Gasteiger partial charge in [0.25, 0.3) is 0 Å². The summed E-state index contributed by atoms with van der Waals surface area (Å²) in [6, 6.07) is 5.69. The third-order valence-electron chi connectivity index (χ3n) is 2.76. The molecule has 20 heavy (non-hydrogen) atoms. The van der Waals surface area contributed by atoms with Crippen molar-refractivity contribution in [2.24, 2.45) is 5.41 Å². The van der Waals surface area contributed by atoms with Gasteiger partial charge >= 0.3 is 0 Å². The summed E-state index contributed by atoms with van der Waals surface area (Å²) in [7, 11) is 0. The average Bonchev–Trinajstić information content (AvgIpc) is 2.35. The lowest BCUT2D eigenvalue weighted by Crippen LogP contribution is -2.20. The number of benzene rings is 1. The van der Waals surface area contributed by atoms with Crippen LogP contribution in [0.2, 0.25) is 0 Å². The summed E-state index contributed by atoms with van der Waals surface area (Å²) >= 11 is 0. The van der Waals surface area contributed by atoms with Gasteiger partial charge in [-0.2, -0.15) is 0 Å². The van der Waals surface area contributed by atoms with Crippen LogP contribution in [0, 0.1) is 17.3 Å². The number of carbonyl (C=O) groups excluding carboxylic acids is 1. The van der Waals surface area contributed by atoms with Gasteiger partial charge < -0.3 is 10.4 Å². The average molecular weight is 273 g/mol. The highest BCUT2D eigenvalue weighted by atomic mass is 16.2. The van der Waals surface area contributed by atoms with Gasteiger partial charge in [0.1, 0.15) is 6.61 Å². The fourth-order valence-electron chi connectivity index (χ4n) is 1.90. The molecule has 0 saturated carbocycles. The number of aryl methyl sites for hydroxylation is 1. The van der Waals surface area contributed by atoms with Crippen LogP contribution in [-0.2, 0) is 11.2 Å². The van der Waals surface area contributed by atoms with Crippen molar-refractivity contribution in [3.63, 3.8) is 0 Å². The van der Waals surface area contributed by atoms with E-state index in [9.17, 15) is 4.79 Å². The zero-order valence-corrected chi connectivity index (χ0v) is 12.7. The Morgan fingerprint density at radius 3 is 2.60 bits per heavy atom. The molecule has 2 N–H and O–H groups in total. The molecule has 108 valence electrons. The molecular weight excluding hydrogens is 250 g/mol. The van der Waals surface area contributed by atoms with Gasteiger partial charge in [0.2, 0.25) is 5.91 Å². The number of hydrogen-bond donors (Lipinski definition) is 2. The molecule has 1 aromatic rings. The summed E-state index contributed by atoms with van der Waals surface area (Å²) in [6.07, 6.45) is 1.31. The van der Waals surface area contributed by atoms with E-state index < -0.39 is 0 Å². The summed E-state index contributed by atoms with van der Waals surface area (Å²) in [4.78, 5) is 12.0. The molecule has 1 aromatic carbocycles. The Hall–Kier alpha value is -1.79. The highest BCUT2D eigenvalue weighted by Crippen LogP contribution is 2.22. The van der Waals surface area contributed by atoms with Crippen LogP contribution in [-0.4, -0.2) is 17.6 Å². The minimum atomic E-state index is -0.147. The predicted molar refractivity (Wildman–Crippen MR) is 82.5 cm³/mol. The van der Waals surface area contributed by atoms with Gasteiger partial charge in [-0.15, -0.1) is 0 Å². The SMILES string of the molecule is CCc1cc(C#CCO)ccc1NC(=O)CC(C)(C)C. The molecule has 0 aliphatic rings. The van der Waals surface area contributed by atoms with E-state index in [1.807, 2.05) is 45.9 Å². The monoisotopic (exact) mass is 273 g/mol. The Labute approximate surface area is 121 Å². The molecule has 0 saturated heterocycles. The van der Waals surface area contributed by atoms with E-state index in [1.54, 1.807) is 0 Å². The van der Waals surface area contributed by atoms with Crippen LogP contribution in [0.25, 0.3) is 0 Å². The zero-order valence-electron chi connectivity index (χ0n) is 12.7. The van der Waals surface area contributed by atoms with Crippen molar-refractivity contribution in [2.45, 2.75) is 40.5 Å². The van der Waals surface area contributed by atoms with Crippen molar-refractivity contribution in [3.05, 3.63) is 29.3 Å². The molecule has 0 aromatic heterocycles. The second-order valence-corrected chi connectivity index (χ2v) is 5.97. The van der Waals surface area contributed by atoms with E-state index in [4.69, 9.17) is 5.11 Å². The normalized spacial score (nSPS) is 10.7. The van der Waals surface area contributed by atoms with Gasteiger partial charge in [-0.1, -0.05) is 39.5 Å². The number of anilines is 1. The summed E-state index contributed by atoms with van der Waals surface area (Å²) in [5.41, 5.74) is 2.72. The summed E-state index contributed by atoms with van der Waals surface area (Å²) < 4.78 is 0. The first kappa shape index (κ1) is 16.3. The topological polar surface area (TPSA) is 49.3 Å². The fourth-order valence-corrected chi connectivity index (χ4v) is 1.90. The summed E-state index contributed by atoms with van der Waals surface area (Å²) in [6.45, 7) is 8.02. The van der Waals surface area contributed by atoms with Crippen molar-refractivity contribution in [1.29, 1.82) is 0 Å². The largest absolute Gasteiger partial charge is 0.384 e. The minimum Gasteiger partial charge on any atom is -0.384 e. The van der Waals surface area contributed by atoms with Crippen LogP contribution in [0.3, 0.4) is 0 Å². The van der Waals surface area contributed by atoms with Gasteiger partial charge in [0.05, 0.1) is 0 Å². The number of hydrogen-bond acceptors (Lipinski definition) is 2. The Balaban J connectivity index is 2.88. The molecule has 0 bridgehead atoms. The molecule has 1 rings (SSSR count). The maximum atomic E-state index is 12.0. The van der Waals surface area contributed by atoms with E-state index in [2.05, 4.69) is 17.2 Å². The van der Waals surface area contributed by atoms with Gasteiger partial charge in [-0.3, -0.25) is 4.79 Å². The second kappa shape index (κ2) is 7.12. The van der Waals surface area contributed by atoms with Gasteiger partial charge in [-0.25, -0.2) is 0 Å². The van der Waals surface area contributed by atoms with Crippen LogP contribution in [0.15, 0.2) is 18.2 Å². The number of nitrogens with one attached hydrogen (secondary N) is 1. The fraction of sp³-hybridized carbons (Fsp3) is 0.471. The Kier molecular flexibility index (Phi) is 5.79.